The number of hydrogen-bond donors (Lipinski definition) is 1. The second-order valence-corrected chi connectivity index (χ2v) is 11.3. The van der Waals surface area contributed by atoms with Crippen LogP contribution in [0, 0.1) is 6.92 Å². The van der Waals surface area contributed by atoms with Crippen LogP contribution < -0.4 is 19.1 Å². The molecule has 11 heteroatoms. The molecule has 2 aromatic rings. The molecule has 1 aliphatic rings. The maximum Gasteiger partial charge on any atom is 0.240 e. The maximum absolute atomic E-state index is 12.7. The fourth-order valence-corrected chi connectivity index (χ4v) is 6.22. The summed E-state index contributed by atoms with van der Waals surface area (Å²) in [6.07, 6.45) is 0. The predicted molar refractivity (Wildman–Crippen MR) is 123 cm³/mol. The number of aryl methyl sites for hydroxylation is 1. The van der Waals surface area contributed by atoms with Crippen LogP contribution in [0.4, 0.5) is 5.69 Å². The van der Waals surface area contributed by atoms with Crippen molar-refractivity contribution in [1.82, 2.24) is 9.03 Å². The van der Waals surface area contributed by atoms with Crippen LogP contribution in [0.3, 0.4) is 0 Å². The third kappa shape index (κ3) is 5.52. The fourth-order valence-electron chi connectivity index (χ4n) is 3.63. The summed E-state index contributed by atoms with van der Waals surface area (Å²) in [5.74, 6) is 1.02. The third-order valence-electron chi connectivity index (χ3n) is 5.39. The van der Waals surface area contributed by atoms with Crippen LogP contribution in [0.5, 0.6) is 11.5 Å². The van der Waals surface area contributed by atoms with Gasteiger partial charge in [0.2, 0.25) is 20.0 Å². The Morgan fingerprint density at radius 1 is 0.906 bits per heavy atom. The molecule has 2 aromatic carbocycles. The van der Waals surface area contributed by atoms with Crippen LogP contribution in [0.15, 0.2) is 47.4 Å². The van der Waals surface area contributed by atoms with E-state index in [1.165, 1.54) is 23.5 Å². The Morgan fingerprint density at radius 3 is 2.19 bits per heavy atom. The number of rotatable bonds is 9. The zero-order valence-corrected chi connectivity index (χ0v) is 20.1. The highest BCUT2D eigenvalue weighted by molar-refractivity contribution is 7.90. The summed E-state index contributed by atoms with van der Waals surface area (Å²) in [5, 5.41) is 0. The summed E-state index contributed by atoms with van der Waals surface area (Å²) in [5.41, 5.74) is 1.60. The molecule has 1 saturated heterocycles. The SMILES string of the molecule is COc1ccc(S(=O)(=O)NCCS(=O)(=O)N2CCN(c3ccccc3OC)CC2)cc1C. The average molecular weight is 484 g/mol. The molecule has 0 aliphatic carbocycles. The molecule has 0 amide bonds. The van der Waals surface area contributed by atoms with E-state index in [9.17, 15) is 16.8 Å². The molecule has 176 valence electrons. The second kappa shape index (κ2) is 10.1. The summed E-state index contributed by atoms with van der Waals surface area (Å²) in [4.78, 5) is 2.15. The van der Waals surface area contributed by atoms with Gasteiger partial charge in [-0.2, -0.15) is 4.31 Å². The summed E-state index contributed by atoms with van der Waals surface area (Å²) in [7, 11) is -4.31. The van der Waals surface area contributed by atoms with Gasteiger partial charge in [0.25, 0.3) is 0 Å². The molecule has 3 rings (SSSR count). The minimum atomic E-state index is -3.82. The number of hydrogen-bond acceptors (Lipinski definition) is 7. The number of para-hydroxylation sites is 2. The quantitative estimate of drug-likeness (QED) is 0.575. The van der Waals surface area contributed by atoms with Crippen LogP contribution in [-0.2, 0) is 20.0 Å². The van der Waals surface area contributed by atoms with Gasteiger partial charge in [-0.25, -0.2) is 21.6 Å². The molecule has 1 fully saturated rings. The lowest BCUT2D eigenvalue weighted by molar-refractivity contribution is 0.378. The van der Waals surface area contributed by atoms with Crippen molar-refractivity contribution >= 4 is 25.7 Å². The average Bonchev–Trinajstić information content (AvgIpc) is 2.78. The Kier molecular flexibility index (Phi) is 7.65. The molecule has 0 bridgehead atoms. The van der Waals surface area contributed by atoms with E-state index in [-0.39, 0.29) is 17.2 Å². The zero-order valence-electron chi connectivity index (χ0n) is 18.4. The van der Waals surface area contributed by atoms with Gasteiger partial charge in [-0.1, -0.05) is 12.1 Å². The first kappa shape index (κ1) is 24.3. The lowest BCUT2D eigenvalue weighted by Crippen LogP contribution is -2.50. The molecular formula is C21H29N3O6S2. The lowest BCUT2D eigenvalue weighted by Gasteiger charge is -2.35. The van der Waals surface area contributed by atoms with Crippen molar-refractivity contribution in [3.8, 4) is 11.5 Å². The topological polar surface area (TPSA) is 105 Å². The Bertz CT molecular complexity index is 1140. The van der Waals surface area contributed by atoms with Gasteiger partial charge in [0.05, 0.1) is 30.6 Å². The molecule has 0 spiro atoms. The number of sulfonamides is 2. The van der Waals surface area contributed by atoms with Crippen molar-refractivity contribution in [2.45, 2.75) is 11.8 Å². The zero-order chi connectivity index (χ0) is 23.4. The van der Waals surface area contributed by atoms with Crippen LogP contribution >= 0.6 is 0 Å². The highest BCUT2D eigenvalue weighted by Gasteiger charge is 2.28. The van der Waals surface area contributed by atoms with E-state index in [0.717, 1.165) is 11.4 Å². The third-order valence-corrected chi connectivity index (χ3v) is 8.72. The predicted octanol–water partition coefficient (Wildman–Crippen LogP) is 1.44. The number of methoxy groups -OCH3 is 2. The number of nitrogens with one attached hydrogen (secondary N) is 1. The second-order valence-electron chi connectivity index (χ2n) is 7.40. The lowest BCUT2D eigenvalue weighted by atomic mass is 10.2. The van der Waals surface area contributed by atoms with Gasteiger partial charge in [-0.05, 0) is 42.8 Å². The van der Waals surface area contributed by atoms with Crippen LogP contribution in [0.2, 0.25) is 0 Å². The number of anilines is 1. The van der Waals surface area contributed by atoms with Crippen molar-refractivity contribution in [3.05, 3.63) is 48.0 Å². The first-order chi connectivity index (χ1) is 15.2. The molecule has 1 heterocycles. The minimum absolute atomic E-state index is 0.0682. The van der Waals surface area contributed by atoms with Gasteiger partial charge in [-0.15, -0.1) is 0 Å². The molecule has 0 aromatic heterocycles. The molecule has 1 N–H and O–H groups in total. The van der Waals surface area contributed by atoms with Gasteiger partial charge < -0.3 is 14.4 Å². The van der Waals surface area contributed by atoms with Gasteiger partial charge in [0.1, 0.15) is 11.5 Å². The molecule has 0 radical (unpaired) electrons. The van der Waals surface area contributed by atoms with Gasteiger partial charge in [0.15, 0.2) is 0 Å². The molecule has 0 unspecified atom stereocenters. The van der Waals surface area contributed by atoms with Crippen molar-refractivity contribution in [2.75, 3.05) is 57.6 Å². The Hall–Kier alpha value is -2.34. The minimum Gasteiger partial charge on any atom is -0.496 e. The monoisotopic (exact) mass is 483 g/mol. The Morgan fingerprint density at radius 2 is 1.56 bits per heavy atom. The summed E-state index contributed by atoms with van der Waals surface area (Å²) >= 11 is 0. The normalized spacial score (nSPS) is 15.5. The van der Waals surface area contributed by atoms with E-state index in [4.69, 9.17) is 9.47 Å². The standard InChI is InChI=1S/C21H29N3O6S2/c1-17-16-18(8-9-20(17)29-2)32(27,28)22-10-15-31(25,26)24-13-11-23(12-14-24)19-6-4-5-7-21(19)30-3/h4-9,16,22H,10-15H2,1-3H3. The molecule has 9 nitrogen and oxygen atoms in total. The summed E-state index contributed by atoms with van der Waals surface area (Å²) < 4.78 is 64.9. The summed E-state index contributed by atoms with van der Waals surface area (Å²) in [6.45, 7) is 3.23. The van der Waals surface area contributed by atoms with Crippen molar-refractivity contribution < 1.29 is 26.3 Å². The van der Waals surface area contributed by atoms with Crippen molar-refractivity contribution in [3.63, 3.8) is 0 Å². The first-order valence-electron chi connectivity index (χ1n) is 10.2. The summed E-state index contributed by atoms with van der Waals surface area (Å²) in [6, 6.07) is 12.1. The molecule has 1 aliphatic heterocycles. The van der Waals surface area contributed by atoms with Crippen LogP contribution in [0.25, 0.3) is 0 Å². The van der Waals surface area contributed by atoms with E-state index in [2.05, 4.69) is 9.62 Å². The first-order valence-corrected chi connectivity index (χ1v) is 13.3. The van der Waals surface area contributed by atoms with Crippen LogP contribution in [-0.4, -0.2) is 73.8 Å². The largest absolute Gasteiger partial charge is 0.496 e. The number of ether oxygens (including phenoxy) is 2. The van der Waals surface area contributed by atoms with Crippen molar-refractivity contribution in [1.29, 1.82) is 0 Å². The van der Waals surface area contributed by atoms with E-state index in [1.807, 2.05) is 24.3 Å². The number of piperazine rings is 1. The Balaban J connectivity index is 1.56. The van der Waals surface area contributed by atoms with Gasteiger partial charge in [0, 0.05) is 32.7 Å². The number of benzene rings is 2. The molecule has 0 saturated carbocycles. The molecule has 32 heavy (non-hydrogen) atoms. The van der Waals surface area contributed by atoms with Crippen molar-refractivity contribution in [2.24, 2.45) is 0 Å². The van der Waals surface area contributed by atoms with E-state index in [1.54, 1.807) is 20.1 Å². The highest BCUT2D eigenvalue weighted by atomic mass is 32.2. The maximum atomic E-state index is 12.7. The Labute approximate surface area is 190 Å². The molecule has 0 atom stereocenters. The van der Waals surface area contributed by atoms with Gasteiger partial charge in [-0.3, -0.25) is 0 Å². The van der Waals surface area contributed by atoms with Crippen LogP contribution in [0.1, 0.15) is 5.56 Å². The highest BCUT2D eigenvalue weighted by Crippen LogP contribution is 2.28. The fraction of sp³-hybridized carbons (Fsp3) is 0.429. The molecular weight excluding hydrogens is 454 g/mol. The van der Waals surface area contributed by atoms with E-state index in [0.29, 0.717) is 37.5 Å². The van der Waals surface area contributed by atoms with E-state index >= 15 is 0 Å². The van der Waals surface area contributed by atoms with Gasteiger partial charge >= 0.3 is 0 Å². The van der Waals surface area contributed by atoms with E-state index < -0.39 is 20.0 Å². The number of nitrogens with zero attached hydrogens (tertiary/aromatic N) is 2. The smallest absolute Gasteiger partial charge is 0.240 e.